The molecule has 1 atom stereocenters. The van der Waals surface area contributed by atoms with Crippen LogP contribution in [0.15, 0.2) is 24.4 Å². The number of carbonyl (C=O) groups is 1. The fourth-order valence-corrected chi connectivity index (χ4v) is 2.05. The highest BCUT2D eigenvalue weighted by molar-refractivity contribution is 5.76. The third-order valence-electron chi connectivity index (χ3n) is 2.91. The Bertz CT molecular complexity index is 363. The van der Waals surface area contributed by atoms with E-state index in [1.165, 1.54) is 7.11 Å². The second kappa shape index (κ2) is 5.75. The van der Waals surface area contributed by atoms with Gasteiger partial charge < -0.3 is 10.1 Å². The average molecular weight is 235 g/mol. The maximum absolute atomic E-state index is 11.9. The third kappa shape index (κ3) is 2.81. The first-order valence-electron chi connectivity index (χ1n) is 5.76. The Morgan fingerprint density at radius 2 is 2.24 bits per heavy atom. The number of carbonyl (C=O) groups excluding carboxylic acids is 1. The van der Waals surface area contributed by atoms with E-state index in [1.807, 2.05) is 18.2 Å². The Morgan fingerprint density at radius 1 is 1.47 bits per heavy atom. The van der Waals surface area contributed by atoms with Crippen LogP contribution < -0.4 is 5.32 Å². The molecule has 0 spiro atoms. The van der Waals surface area contributed by atoms with E-state index in [1.54, 1.807) is 6.20 Å². The first kappa shape index (κ1) is 12.0. The molecule has 0 amide bonds. The number of nitrogens with zero attached hydrogens (tertiary/aromatic N) is 2. The second-order valence-corrected chi connectivity index (χ2v) is 3.97. The summed E-state index contributed by atoms with van der Waals surface area (Å²) in [6.07, 6.45) is 1.70. The molecule has 1 aliphatic rings. The summed E-state index contributed by atoms with van der Waals surface area (Å²) < 4.78 is 4.88. The minimum Gasteiger partial charge on any atom is -0.468 e. The molecule has 5 nitrogen and oxygen atoms in total. The van der Waals surface area contributed by atoms with Crippen LogP contribution in [0.1, 0.15) is 11.7 Å². The SMILES string of the molecule is COC(=O)C(c1ccccn1)N1CCNCC1. The maximum atomic E-state index is 11.9. The number of methoxy groups -OCH3 is 1. The summed E-state index contributed by atoms with van der Waals surface area (Å²) in [6.45, 7) is 3.44. The van der Waals surface area contributed by atoms with Crippen LogP contribution in [-0.2, 0) is 9.53 Å². The predicted molar refractivity (Wildman–Crippen MR) is 63.4 cm³/mol. The third-order valence-corrected chi connectivity index (χ3v) is 2.91. The van der Waals surface area contributed by atoms with Crippen molar-refractivity contribution in [2.24, 2.45) is 0 Å². The van der Waals surface area contributed by atoms with Crippen molar-refractivity contribution in [1.29, 1.82) is 0 Å². The lowest BCUT2D eigenvalue weighted by molar-refractivity contribution is -0.147. The Balaban J connectivity index is 2.21. The molecule has 1 saturated heterocycles. The van der Waals surface area contributed by atoms with Crippen molar-refractivity contribution >= 4 is 5.97 Å². The monoisotopic (exact) mass is 235 g/mol. The van der Waals surface area contributed by atoms with Gasteiger partial charge in [0.2, 0.25) is 0 Å². The first-order chi connectivity index (χ1) is 8.33. The normalized spacial score (nSPS) is 18.6. The van der Waals surface area contributed by atoms with Gasteiger partial charge in [0.05, 0.1) is 12.8 Å². The Labute approximate surface area is 101 Å². The topological polar surface area (TPSA) is 54.5 Å². The molecule has 0 saturated carbocycles. The molecule has 1 unspecified atom stereocenters. The second-order valence-electron chi connectivity index (χ2n) is 3.97. The number of pyridine rings is 1. The number of hydrogen-bond acceptors (Lipinski definition) is 5. The van der Waals surface area contributed by atoms with Crippen molar-refractivity contribution in [3.8, 4) is 0 Å². The van der Waals surface area contributed by atoms with Crippen LogP contribution in [0, 0.1) is 0 Å². The van der Waals surface area contributed by atoms with Gasteiger partial charge in [0, 0.05) is 32.4 Å². The van der Waals surface area contributed by atoms with Crippen molar-refractivity contribution in [1.82, 2.24) is 15.2 Å². The maximum Gasteiger partial charge on any atom is 0.329 e. The number of esters is 1. The predicted octanol–water partition coefficient (Wildman–Crippen LogP) is 0.201. The Morgan fingerprint density at radius 3 is 2.82 bits per heavy atom. The molecule has 17 heavy (non-hydrogen) atoms. The zero-order chi connectivity index (χ0) is 12.1. The van der Waals surface area contributed by atoms with Crippen LogP contribution in [0.2, 0.25) is 0 Å². The van der Waals surface area contributed by atoms with Crippen LogP contribution in [-0.4, -0.2) is 49.1 Å². The fourth-order valence-electron chi connectivity index (χ4n) is 2.05. The minimum absolute atomic E-state index is 0.245. The summed E-state index contributed by atoms with van der Waals surface area (Å²) in [7, 11) is 1.42. The van der Waals surface area contributed by atoms with E-state index < -0.39 is 0 Å². The van der Waals surface area contributed by atoms with Gasteiger partial charge in [-0.15, -0.1) is 0 Å². The van der Waals surface area contributed by atoms with Crippen LogP contribution in [0.5, 0.6) is 0 Å². The smallest absolute Gasteiger partial charge is 0.329 e. The first-order valence-corrected chi connectivity index (χ1v) is 5.76. The highest BCUT2D eigenvalue weighted by Crippen LogP contribution is 2.20. The van der Waals surface area contributed by atoms with E-state index in [4.69, 9.17) is 4.74 Å². The molecule has 92 valence electrons. The lowest BCUT2D eigenvalue weighted by atomic mass is 10.1. The van der Waals surface area contributed by atoms with E-state index in [0.717, 1.165) is 31.9 Å². The fraction of sp³-hybridized carbons (Fsp3) is 0.500. The van der Waals surface area contributed by atoms with Crippen molar-refractivity contribution in [3.05, 3.63) is 30.1 Å². The van der Waals surface area contributed by atoms with Gasteiger partial charge in [0.25, 0.3) is 0 Å². The average Bonchev–Trinajstić information content (AvgIpc) is 2.41. The number of piperazine rings is 1. The van der Waals surface area contributed by atoms with E-state index in [2.05, 4.69) is 15.2 Å². The molecule has 1 aliphatic heterocycles. The molecule has 2 rings (SSSR count). The van der Waals surface area contributed by atoms with E-state index in [-0.39, 0.29) is 12.0 Å². The van der Waals surface area contributed by atoms with Gasteiger partial charge in [-0.05, 0) is 12.1 Å². The van der Waals surface area contributed by atoms with Crippen molar-refractivity contribution < 1.29 is 9.53 Å². The molecule has 1 N–H and O–H groups in total. The number of aromatic nitrogens is 1. The lowest BCUT2D eigenvalue weighted by Crippen LogP contribution is -2.47. The van der Waals surface area contributed by atoms with Gasteiger partial charge in [0.15, 0.2) is 6.04 Å². The summed E-state index contributed by atoms with van der Waals surface area (Å²) in [5.41, 5.74) is 0.751. The molecular formula is C12H17N3O2. The molecule has 1 aromatic heterocycles. The summed E-state index contributed by atoms with van der Waals surface area (Å²) in [4.78, 5) is 18.2. The largest absolute Gasteiger partial charge is 0.468 e. The molecule has 0 aliphatic carbocycles. The van der Waals surface area contributed by atoms with Crippen molar-refractivity contribution in [2.45, 2.75) is 6.04 Å². The van der Waals surface area contributed by atoms with Gasteiger partial charge in [0.1, 0.15) is 0 Å². The minimum atomic E-state index is -0.386. The molecule has 0 aromatic carbocycles. The van der Waals surface area contributed by atoms with Gasteiger partial charge >= 0.3 is 5.97 Å². The van der Waals surface area contributed by atoms with E-state index >= 15 is 0 Å². The molecule has 1 fully saturated rings. The van der Waals surface area contributed by atoms with Gasteiger partial charge in [-0.3, -0.25) is 9.88 Å². The Hall–Kier alpha value is -1.46. The zero-order valence-electron chi connectivity index (χ0n) is 9.93. The van der Waals surface area contributed by atoms with Crippen LogP contribution in [0.4, 0.5) is 0 Å². The number of nitrogens with one attached hydrogen (secondary N) is 1. The van der Waals surface area contributed by atoms with Gasteiger partial charge in [-0.2, -0.15) is 0 Å². The molecular weight excluding hydrogens is 218 g/mol. The standard InChI is InChI=1S/C12H17N3O2/c1-17-12(16)11(10-4-2-3-5-14-10)15-8-6-13-7-9-15/h2-5,11,13H,6-9H2,1H3. The Kier molecular flexibility index (Phi) is 4.06. The summed E-state index contributed by atoms with van der Waals surface area (Å²) in [5.74, 6) is -0.245. The van der Waals surface area contributed by atoms with Crippen molar-refractivity contribution in [3.63, 3.8) is 0 Å². The lowest BCUT2D eigenvalue weighted by Gasteiger charge is -2.32. The van der Waals surface area contributed by atoms with E-state index in [0.29, 0.717) is 0 Å². The summed E-state index contributed by atoms with van der Waals surface area (Å²) in [6, 6.07) is 5.21. The van der Waals surface area contributed by atoms with Crippen LogP contribution in [0.3, 0.4) is 0 Å². The molecule has 0 bridgehead atoms. The van der Waals surface area contributed by atoms with Crippen molar-refractivity contribution in [2.75, 3.05) is 33.3 Å². The molecule has 5 heteroatoms. The van der Waals surface area contributed by atoms with Crippen LogP contribution in [0.25, 0.3) is 0 Å². The van der Waals surface area contributed by atoms with E-state index in [9.17, 15) is 4.79 Å². The number of ether oxygens (including phenoxy) is 1. The highest BCUT2D eigenvalue weighted by Gasteiger charge is 2.30. The molecule has 1 aromatic rings. The molecule has 0 radical (unpaired) electrons. The van der Waals surface area contributed by atoms with Gasteiger partial charge in [-0.25, -0.2) is 4.79 Å². The zero-order valence-corrected chi connectivity index (χ0v) is 9.93. The number of rotatable bonds is 3. The molecule has 2 heterocycles. The summed E-state index contributed by atoms with van der Waals surface area (Å²) in [5, 5.41) is 3.26. The van der Waals surface area contributed by atoms with Gasteiger partial charge in [-0.1, -0.05) is 6.07 Å². The quantitative estimate of drug-likeness (QED) is 0.759. The van der Waals surface area contributed by atoms with Crippen LogP contribution >= 0.6 is 0 Å². The number of hydrogen-bond donors (Lipinski definition) is 1. The summed E-state index contributed by atoms with van der Waals surface area (Å²) >= 11 is 0. The highest BCUT2D eigenvalue weighted by atomic mass is 16.5.